The lowest BCUT2D eigenvalue weighted by molar-refractivity contribution is -0.758. The second-order valence-corrected chi connectivity index (χ2v) is 7.96. The first-order chi connectivity index (χ1) is 11.4. The number of nitrogens with zero attached hydrogens (tertiary/aromatic N) is 4. The molecule has 3 aliphatic heterocycles. The van der Waals surface area contributed by atoms with Gasteiger partial charge in [0.1, 0.15) is 6.54 Å². The Labute approximate surface area is 142 Å². The van der Waals surface area contributed by atoms with E-state index in [9.17, 15) is 19.8 Å². The van der Waals surface area contributed by atoms with Crippen molar-refractivity contribution in [2.75, 3.05) is 0 Å². The fourth-order valence-corrected chi connectivity index (χ4v) is 5.48. The number of aliphatic hydroxyl groups is 1. The van der Waals surface area contributed by atoms with Crippen LogP contribution in [0.4, 0.5) is 0 Å². The minimum absolute atomic E-state index is 0.0147. The summed E-state index contributed by atoms with van der Waals surface area (Å²) in [7, 11) is 0. The van der Waals surface area contributed by atoms with Crippen LogP contribution in [0.1, 0.15) is 13.8 Å². The van der Waals surface area contributed by atoms with Crippen molar-refractivity contribution in [1.29, 1.82) is 0 Å². The molecule has 0 aromatic carbocycles. The van der Waals surface area contributed by atoms with Crippen LogP contribution < -0.4 is 9.79 Å². The van der Waals surface area contributed by atoms with E-state index >= 15 is 0 Å². The number of hydrogen-bond donors (Lipinski definition) is 1. The molecule has 3 aliphatic rings. The molecule has 1 fully saturated rings. The van der Waals surface area contributed by atoms with Crippen molar-refractivity contribution in [1.82, 2.24) is 14.6 Å². The van der Waals surface area contributed by atoms with Crippen molar-refractivity contribution >= 4 is 23.6 Å². The lowest BCUT2D eigenvalue weighted by atomic mass is 9.79. The standard InChI is InChI=1S/C15H18N4O4S/c1-7-11-10(8(2)20)14(21)19(11)12(15(22)23)13(7)24-9-3-17-5-16-6-18(17)4-9/h5-11,20H,3-4H2,1-2H3/t7-,8-,10-,11-/m1/s1/i5+1,6+1,16+1,17+1,18+1. The number of carbonyl (C=O) groups is 2. The highest BCUT2D eigenvalue weighted by molar-refractivity contribution is 8.03. The molecule has 9 heteroatoms. The largest absolute Gasteiger partial charge is 0.543 e. The Morgan fingerprint density at radius 1 is 1.58 bits per heavy atom. The van der Waals surface area contributed by atoms with Crippen LogP contribution in [0.15, 0.2) is 23.3 Å². The molecule has 8 nitrogen and oxygen atoms in total. The van der Waals surface area contributed by atoms with E-state index in [2.05, 4.69) is 4.98 Å². The van der Waals surface area contributed by atoms with Crippen molar-refractivity contribution in [2.45, 2.75) is 44.3 Å². The summed E-state index contributed by atoms with van der Waals surface area (Å²) in [5, 5.41) is 21.7. The molecule has 4 atom stereocenters. The number of fused-ring (bicyclic) bond motifs is 2. The van der Waals surface area contributed by atoms with Crippen LogP contribution in [0.25, 0.3) is 0 Å². The van der Waals surface area contributed by atoms with Crippen molar-refractivity contribution in [2.24, 2.45) is 11.8 Å². The zero-order valence-corrected chi connectivity index (χ0v) is 14.1. The number of β-lactam (4-membered cyclic amide) rings is 1. The Balaban J connectivity index is 1.61. The Kier molecular flexibility index (Phi) is 3.47. The van der Waals surface area contributed by atoms with Gasteiger partial charge >= 0.3 is 6.33 Å². The Hall–Kier alpha value is -1.87. The van der Waals surface area contributed by atoms with Gasteiger partial charge in [-0.1, -0.05) is 6.92 Å². The van der Waals surface area contributed by atoms with Crippen molar-refractivity contribution < 1.29 is 24.5 Å². The van der Waals surface area contributed by atoms with Gasteiger partial charge in [-0.05, 0) is 11.9 Å². The number of aromatic nitrogens is 3. The molecule has 0 spiro atoms. The second kappa shape index (κ2) is 5.32. The summed E-state index contributed by atoms with van der Waals surface area (Å²) in [6.07, 6.45) is 2.70. The van der Waals surface area contributed by atoms with Crippen LogP contribution in [0.2, 0.25) is 0 Å². The van der Waals surface area contributed by atoms with Gasteiger partial charge in [-0.25, -0.2) is 0 Å². The van der Waals surface area contributed by atoms with Gasteiger partial charge in [-0.2, -0.15) is 9.36 Å². The number of thioether (sulfide) groups is 1. The highest BCUT2D eigenvalue weighted by Gasteiger charge is 2.59. The zero-order valence-electron chi connectivity index (χ0n) is 13.3. The maximum absolute atomic E-state index is 12.3. The number of aliphatic hydroxyl groups excluding tert-OH is 1. The van der Waals surface area contributed by atoms with Gasteiger partial charge in [-0.3, -0.25) is 4.79 Å². The van der Waals surface area contributed by atoms with Gasteiger partial charge in [0, 0.05) is 10.8 Å². The summed E-state index contributed by atoms with van der Waals surface area (Å²) in [4.78, 5) is 30.0. The molecule has 0 aliphatic carbocycles. The van der Waals surface area contributed by atoms with Crippen LogP contribution in [-0.4, -0.2) is 48.9 Å². The number of amides is 1. The first kappa shape index (κ1) is 15.6. The van der Waals surface area contributed by atoms with E-state index in [1.54, 1.807) is 19.6 Å². The number of carbonyl (C=O) groups excluding carboxylic acids is 2. The van der Waals surface area contributed by atoms with Gasteiger partial charge in [0.05, 0.1) is 41.5 Å². The van der Waals surface area contributed by atoms with Crippen molar-refractivity contribution in [3.63, 3.8) is 0 Å². The third kappa shape index (κ3) is 2.04. The maximum Gasteiger partial charge on any atom is 0.306 e. The van der Waals surface area contributed by atoms with Gasteiger partial charge in [0.25, 0.3) is 0 Å². The third-order valence-corrected chi connectivity index (χ3v) is 6.56. The molecule has 1 saturated heterocycles. The summed E-state index contributed by atoms with van der Waals surface area (Å²) in [6, 6.07) is -0.289. The number of hydrogen-bond acceptors (Lipinski definition) is 6. The molecule has 24 heavy (non-hydrogen) atoms. The van der Waals surface area contributed by atoms with E-state index in [4.69, 9.17) is 0 Å². The molecule has 128 valence electrons. The predicted octanol–water partition coefficient (Wildman–Crippen LogP) is -1.89. The van der Waals surface area contributed by atoms with E-state index < -0.39 is 18.0 Å². The minimum Gasteiger partial charge on any atom is -0.543 e. The quantitative estimate of drug-likeness (QED) is 0.500. The summed E-state index contributed by atoms with van der Waals surface area (Å²) in [5.74, 6) is -2.31. The summed E-state index contributed by atoms with van der Waals surface area (Å²) >= 11 is 1.50. The molecule has 4 rings (SSSR count). The first-order valence-electron chi connectivity index (χ1n) is 7.93. The topological polar surface area (TPSA) is 102 Å². The molecule has 4 heterocycles. The minimum atomic E-state index is -1.32. The molecule has 1 aromatic rings. The highest BCUT2D eigenvalue weighted by Crippen LogP contribution is 2.51. The van der Waals surface area contributed by atoms with Crippen molar-refractivity contribution in [3.8, 4) is 0 Å². The number of carboxylic acid groups (broad SMARTS) is 1. The molecule has 1 N–H and O–H groups in total. The number of aliphatic carboxylic acids is 1. The molecule has 1 amide bonds. The van der Waals surface area contributed by atoms with E-state index in [0.717, 1.165) is 13.1 Å². The normalized spacial score (nSPS) is 32.6. The fraction of sp³-hybridized carbons (Fsp3) is 0.600. The summed E-state index contributed by atoms with van der Waals surface area (Å²) in [5.41, 5.74) is -0.0147. The molecule has 0 radical (unpaired) electrons. The Bertz CT molecular complexity index is 738. The average molecular weight is 355 g/mol. The third-order valence-electron chi connectivity index (χ3n) is 5.11. The predicted molar refractivity (Wildman–Crippen MR) is 80.8 cm³/mol. The Morgan fingerprint density at radius 3 is 2.96 bits per heavy atom. The monoisotopic (exact) mass is 355 g/mol. The van der Waals surface area contributed by atoms with Gasteiger partial charge in [0.15, 0.2) is 0 Å². The fourth-order valence-electron chi connectivity index (χ4n) is 4.02. The molecule has 0 bridgehead atoms. The summed E-state index contributed by atoms with van der Waals surface area (Å²) < 4.78 is 3.96. The van der Waals surface area contributed by atoms with E-state index in [1.165, 1.54) is 16.7 Å². The zero-order chi connectivity index (χ0) is 17.2. The first-order valence-corrected chi connectivity index (χ1v) is 8.81. The lowest BCUT2D eigenvalue weighted by Crippen LogP contribution is -2.64. The van der Waals surface area contributed by atoms with Crippen LogP contribution in [0, 0.1) is 11.8 Å². The smallest absolute Gasteiger partial charge is 0.306 e. The Morgan fingerprint density at radius 2 is 2.33 bits per heavy atom. The molecule has 0 saturated carbocycles. The van der Waals surface area contributed by atoms with E-state index in [-0.39, 0.29) is 28.8 Å². The van der Waals surface area contributed by atoms with Crippen LogP contribution in [0.3, 0.4) is 0 Å². The molecular formula is C15H18N4O4S. The SMILES string of the molecule is C[C@@H](O)[C@H]1C(=O)N2C(C(=O)[O-])=C(SC3C[15n]4[13cH][15n][13cH][15n+]4C3)[C@H](C)[C@H]12. The van der Waals surface area contributed by atoms with Crippen LogP contribution >= 0.6 is 11.8 Å². The average Bonchev–Trinajstić information content (AvgIpc) is 3.12. The molecule has 1 aromatic heterocycles. The second-order valence-electron chi connectivity index (χ2n) is 6.62. The van der Waals surface area contributed by atoms with Gasteiger partial charge in [-0.15, -0.1) is 11.8 Å². The van der Waals surface area contributed by atoms with E-state index in [1.807, 2.05) is 16.3 Å². The molecular weight excluding hydrogens is 337 g/mol. The molecule has 0 unspecified atom stereocenters. The van der Waals surface area contributed by atoms with Crippen LogP contribution in [0.5, 0.6) is 0 Å². The lowest BCUT2D eigenvalue weighted by Gasteiger charge is -2.47. The van der Waals surface area contributed by atoms with Crippen LogP contribution in [-0.2, 0) is 22.7 Å². The number of rotatable bonds is 4. The van der Waals surface area contributed by atoms with Gasteiger partial charge in [0.2, 0.25) is 12.2 Å². The van der Waals surface area contributed by atoms with E-state index in [0.29, 0.717) is 4.91 Å². The maximum atomic E-state index is 12.3. The van der Waals surface area contributed by atoms with Gasteiger partial charge < -0.3 is 19.9 Å². The highest BCUT2D eigenvalue weighted by atomic mass is 32.2. The summed E-state index contributed by atoms with van der Waals surface area (Å²) in [6.45, 7) is 4.96. The van der Waals surface area contributed by atoms with Crippen molar-refractivity contribution in [3.05, 3.63) is 23.3 Å². The number of carboxylic acids is 1.